The third kappa shape index (κ3) is 4.17. The molecular weight excluding hydrogens is 273 g/mol. The Morgan fingerprint density at radius 2 is 2.29 bits per heavy atom. The Bertz CT molecular complexity index is 492. The van der Waals surface area contributed by atoms with Crippen LogP contribution in [-0.4, -0.2) is 37.7 Å². The van der Waals surface area contributed by atoms with Crippen molar-refractivity contribution < 1.29 is 18.7 Å². The van der Waals surface area contributed by atoms with Crippen molar-refractivity contribution in [3.05, 3.63) is 29.6 Å². The van der Waals surface area contributed by atoms with Crippen molar-refractivity contribution in [2.75, 3.05) is 26.8 Å². The summed E-state index contributed by atoms with van der Waals surface area (Å²) in [6, 6.07) is 4.52. The van der Waals surface area contributed by atoms with Gasteiger partial charge < -0.3 is 9.47 Å². The molecule has 1 fully saturated rings. The van der Waals surface area contributed by atoms with Gasteiger partial charge in [-0.25, -0.2) is 4.39 Å². The van der Waals surface area contributed by atoms with E-state index in [2.05, 4.69) is 4.90 Å². The van der Waals surface area contributed by atoms with Gasteiger partial charge in [0.1, 0.15) is 11.6 Å². The van der Waals surface area contributed by atoms with Gasteiger partial charge in [0, 0.05) is 18.7 Å². The summed E-state index contributed by atoms with van der Waals surface area (Å²) in [5.74, 6) is 0.186. The molecule has 0 bridgehead atoms. The molecule has 1 aromatic rings. The van der Waals surface area contributed by atoms with Crippen molar-refractivity contribution in [3.63, 3.8) is 0 Å². The monoisotopic (exact) mass is 295 g/mol. The van der Waals surface area contributed by atoms with Gasteiger partial charge in [-0.3, -0.25) is 9.69 Å². The van der Waals surface area contributed by atoms with Gasteiger partial charge >= 0.3 is 5.97 Å². The standard InChI is InChI=1S/C16H22FNO3/c1-3-21-16(19)12-5-4-8-18(10-12)11-13-9-14(17)6-7-15(13)20-2/h6-7,9,12H,3-5,8,10-11H2,1-2H3/t12-/m1/s1. The first kappa shape index (κ1) is 15.8. The molecule has 1 aromatic carbocycles. The van der Waals surface area contributed by atoms with Gasteiger partial charge in [-0.1, -0.05) is 0 Å². The lowest BCUT2D eigenvalue weighted by atomic mass is 9.97. The fourth-order valence-electron chi connectivity index (χ4n) is 2.76. The van der Waals surface area contributed by atoms with Crippen LogP contribution < -0.4 is 4.74 Å². The zero-order valence-corrected chi connectivity index (χ0v) is 12.6. The summed E-state index contributed by atoms with van der Waals surface area (Å²) in [7, 11) is 1.58. The molecule has 0 N–H and O–H groups in total. The molecule has 2 rings (SSSR count). The molecule has 4 nitrogen and oxygen atoms in total. The average molecular weight is 295 g/mol. The van der Waals surface area contributed by atoms with Crippen LogP contribution in [0.25, 0.3) is 0 Å². The number of ether oxygens (including phenoxy) is 2. The lowest BCUT2D eigenvalue weighted by molar-refractivity contribution is -0.150. The molecule has 1 saturated heterocycles. The second-order valence-corrected chi connectivity index (χ2v) is 5.28. The Balaban J connectivity index is 2.02. The van der Waals surface area contributed by atoms with E-state index in [1.54, 1.807) is 13.2 Å². The molecule has 1 aliphatic rings. The van der Waals surface area contributed by atoms with Gasteiger partial charge in [0.15, 0.2) is 0 Å². The lowest BCUT2D eigenvalue weighted by Crippen LogP contribution is -2.39. The smallest absolute Gasteiger partial charge is 0.310 e. The Morgan fingerprint density at radius 3 is 3.00 bits per heavy atom. The van der Waals surface area contributed by atoms with Gasteiger partial charge in [0.2, 0.25) is 0 Å². The number of nitrogens with zero attached hydrogens (tertiary/aromatic N) is 1. The van der Waals surface area contributed by atoms with Crippen molar-refractivity contribution in [1.29, 1.82) is 0 Å². The number of rotatable bonds is 5. The first-order valence-corrected chi connectivity index (χ1v) is 7.35. The third-order valence-electron chi connectivity index (χ3n) is 3.76. The quantitative estimate of drug-likeness (QED) is 0.783. The zero-order valence-electron chi connectivity index (χ0n) is 12.6. The van der Waals surface area contributed by atoms with E-state index in [4.69, 9.17) is 9.47 Å². The number of esters is 1. The normalized spacial score (nSPS) is 19.3. The Labute approximate surface area is 124 Å². The minimum atomic E-state index is -0.273. The van der Waals surface area contributed by atoms with E-state index in [0.717, 1.165) is 24.9 Å². The minimum Gasteiger partial charge on any atom is -0.496 e. The highest BCUT2D eigenvalue weighted by Gasteiger charge is 2.27. The predicted octanol–water partition coefficient (Wildman–Crippen LogP) is 2.61. The van der Waals surface area contributed by atoms with E-state index >= 15 is 0 Å². The summed E-state index contributed by atoms with van der Waals surface area (Å²) >= 11 is 0. The van der Waals surface area contributed by atoms with Gasteiger partial charge in [-0.15, -0.1) is 0 Å². The minimum absolute atomic E-state index is 0.0849. The molecule has 0 saturated carbocycles. The summed E-state index contributed by atoms with van der Waals surface area (Å²) < 4.78 is 23.8. The number of halogens is 1. The van der Waals surface area contributed by atoms with Crippen LogP contribution >= 0.6 is 0 Å². The van der Waals surface area contributed by atoms with E-state index in [9.17, 15) is 9.18 Å². The molecule has 21 heavy (non-hydrogen) atoms. The van der Waals surface area contributed by atoms with Crippen LogP contribution in [0.4, 0.5) is 4.39 Å². The highest BCUT2D eigenvalue weighted by atomic mass is 19.1. The molecule has 0 aliphatic carbocycles. The van der Waals surface area contributed by atoms with Crippen LogP contribution in [-0.2, 0) is 16.1 Å². The number of carbonyl (C=O) groups is 1. The van der Waals surface area contributed by atoms with Crippen LogP contribution in [0.5, 0.6) is 5.75 Å². The SMILES string of the molecule is CCOC(=O)[C@@H]1CCCN(Cc2cc(F)ccc2OC)C1. The summed E-state index contributed by atoms with van der Waals surface area (Å²) in [5, 5.41) is 0. The second-order valence-electron chi connectivity index (χ2n) is 5.28. The van der Waals surface area contributed by atoms with Gasteiger partial charge in [-0.2, -0.15) is 0 Å². The van der Waals surface area contributed by atoms with Crippen LogP contribution in [0.3, 0.4) is 0 Å². The lowest BCUT2D eigenvalue weighted by Gasteiger charge is -2.31. The maximum atomic E-state index is 13.4. The summed E-state index contributed by atoms with van der Waals surface area (Å²) in [6.45, 7) is 4.36. The molecule has 0 radical (unpaired) electrons. The summed E-state index contributed by atoms with van der Waals surface area (Å²) in [4.78, 5) is 14.0. The number of piperidine rings is 1. The van der Waals surface area contributed by atoms with E-state index in [1.807, 2.05) is 6.92 Å². The third-order valence-corrected chi connectivity index (χ3v) is 3.76. The molecule has 0 spiro atoms. The Kier molecular flexibility index (Phi) is 5.56. The maximum absolute atomic E-state index is 13.4. The van der Waals surface area contributed by atoms with Gasteiger partial charge in [0.05, 0.1) is 19.6 Å². The van der Waals surface area contributed by atoms with Crippen molar-refractivity contribution in [1.82, 2.24) is 4.90 Å². The molecule has 1 atom stereocenters. The van der Waals surface area contributed by atoms with Crippen LogP contribution in [0.15, 0.2) is 18.2 Å². The number of benzene rings is 1. The number of methoxy groups -OCH3 is 1. The van der Waals surface area contributed by atoms with Crippen molar-refractivity contribution >= 4 is 5.97 Å². The highest BCUT2D eigenvalue weighted by Crippen LogP contribution is 2.24. The summed E-state index contributed by atoms with van der Waals surface area (Å²) in [5.41, 5.74) is 0.807. The molecule has 1 aliphatic heterocycles. The van der Waals surface area contributed by atoms with Crippen molar-refractivity contribution in [2.24, 2.45) is 5.92 Å². The molecule has 116 valence electrons. The van der Waals surface area contributed by atoms with E-state index < -0.39 is 0 Å². The number of carbonyl (C=O) groups excluding carboxylic acids is 1. The molecular formula is C16H22FNO3. The van der Waals surface area contributed by atoms with Crippen LogP contribution in [0, 0.1) is 11.7 Å². The van der Waals surface area contributed by atoms with E-state index in [-0.39, 0.29) is 17.7 Å². The first-order valence-electron chi connectivity index (χ1n) is 7.35. The maximum Gasteiger partial charge on any atom is 0.310 e. The topological polar surface area (TPSA) is 38.8 Å². The van der Waals surface area contributed by atoms with Crippen molar-refractivity contribution in [3.8, 4) is 5.75 Å². The Hall–Kier alpha value is -1.62. The first-order chi connectivity index (χ1) is 10.1. The predicted molar refractivity (Wildman–Crippen MR) is 77.6 cm³/mol. The fourth-order valence-corrected chi connectivity index (χ4v) is 2.76. The number of hydrogen-bond acceptors (Lipinski definition) is 4. The van der Waals surface area contributed by atoms with E-state index in [0.29, 0.717) is 25.4 Å². The van der Waals surface area contributed by atoms with Gasteiger partial charge in [0.25, 0.3) is 0 Å². The average Bonchev–Trinajstić information content (AvgIpc) is 2.48. The van der Waals surface area contributed by atoms with E-state index in [1.165, 1.54) is 12.1 Å². The number of hydrogen-bond donors (Lipinski definition) is 0. The summed E-state index contributed by atoms with van der Waals surface area (Å²) in [6.07, 6.45) is 1.80. The van der Waals surface area contributed by atoms with Gasteiger partial charge in [-0.05, 0) is 44.5 Å². The van der Waals surface area contributed by atoms with Crippen LogP contribution in [0.1, 0.15) is 25.3 Å². The number of likely N-dealkylation sites (tertiary alicyclic amines) is 1. The van der Waals surface area contributed by atoms with Crippen LogP contribution in [0.2, 0.25) is 0 Å². The molecule has 5 heteroatoms. The molecule has 0 aromatic heterocycles. The largest absolute Gasteiger partial charge is 0.496 e. The Morgan fingerprint density at radius 1 is 1.48 bits per heavy atom. The zero-order chi connectivity index (χ0) is 15.2. The molecule has 0 amide bonds. The van der Waals surface area contributed by atoms with Crippen molar-refractivity contribution in [2.45, 2.75) is 26.3 Å². The second kappa shape index (κ2) is 7.41. The fraction of sp³-hybridized carbons (Fsp3) is 0.562. The highest BCUT2D eigenvalue weighted by molar-refractivity contribution is 5.72. The molecule has 0 unspecified atom stereocenters. The molecule has 1 heterocycles.